The van der Waals surface area contributed by atoms with Crippen LogP contribution in [0.25, 0.3) is 0 Å². The van der Waals surface area contributed by atoms with E-state index in [2.05, 4.69) is 5.32 Å². The Kier molecular flexibility index (Phi) is 7.05. The topological polar surface area (TPSA) is 41.6 Å². The highest BCUT2D eigenvalue weighted by Gasteiger charge is 2.37. The van der Waals surface area contributed by atoms with Crippen molar-refractivity contribution in [3.05, 3.63) is 28.2 Å². The normalized spacial score (nSPS) is 19.2. The third-order valence-corrected chi connectivity index (χ3v) is 5.51. The van der Waals surface area contributed by atoms with Crippen molar-refractivity contribution < 1.29 is 9.53 Å². The van der Waals surface area contributed by atoms with E-state index in [1.807, 2.05) is 4.90 Å². The van der Waals surface area contributed by atoms with Crippen LogP contribution >= 0.6 is 35.6 Å². The summed E-state index contributed by atoms with van der Waals surface area (Å²) in [4.78, 5) is 14.3. The van der Waals surface area contributed by atoms with E-state index in [1.54, 1.807) is 18.2 Å². The van der Waals surface area contributed by atoms with Gasteiger partial charge in [-0.05, 0) is 49.4 Å². The quantitative estimate of drug-likeness (QED) is 0.846. The maximum atomic E-state index is 12.3. The van der Waals surface area contributed by atoms with Gasteiger partial charge in [-0.2, -0.15) is 0 Å². The number of nitrogens with zero attached hydrogens (tertiary/aromatic N) is 1. The van der Waals surface area contributed by atoms with Crippen molar-refractivity contribution in [2.75, 3.05) is 32.8 Å². The number of halogens is 3. The molecule has 7 heteroatoms. The highest BCUT2D eigenvalue weighted by Crippen LogP contribution is 2.37. The second-order valence-electron chi connectivity index (χ2n) is 6.48. The molecule has 2 saturated heterocycles. The predicted octanol–water partition coefficient (Wildman–Crippen LogP) is 3.79. The van der Waals surface area contributed by atoms with Crippen LogP contribution in [-0.2, 0) is 4.79 Å². The Balaban J connectivity index is 0.00000208. The third kappa shape index (κ3) is 4.69. The van der Waals surface area contributed by atoms with Gasteiger partial charge in [0, 0.05) is 24.7 Å². The summed E-state index contributed by atoms with van der Waals surface area (Å²) < 4.78 is 5.60. The van der Waals surface area contributed by atoms with Crippen LogP contribution in [0.5, 0.6) is 5.75 Å². The van der Waals surface area contributed by atoms with E-state index in [4.69, 9.17) is 27.9 Å². The van der Waals surface area contributed by atoms with Crippen molar-refractivity contribution >= 4 is 41.5 Å². The summed E-state index contributed by atoms with van der Waals surface area (Å²) in [6, 6.07) is 5.09. The Hall–Kier alpha value is -0.680. The fraction of sp³-hybridized carbons (Fsp3) is 0.588. The Morgan fingerprint density at radius 2 is 2.00 bits per heavy atom. The number of piperidine rings is 1. The Bertz CT molecular complexity index is 567. The summed E-state index contributed by atoms with van der Waals surface area (Å²) in [6.07, 6.45) is 3.84. The number of carbonyl (C=O) groups excluding carboxylic acids is 1. The lowest BCUT2D eigenvalue weighted by molar-refractivity contribution is -0.133. The molecule has 0 saturated carbocycles. The molecule has 3 rings (SSSR count). The van der Waals surface area contributed by atoms with E-state index in [1.165, 1.54) is 6.42 Å². The van der Waals surface area contributed by atoms with Gasteiger partial charge in [-0.1, -0.05) is 23.2 Å². The number of ether oxygens (including phenoxy) is 1. The molecule has 0 aliphatic carbocycles. The summed E-state index contributed by atoms with van der Waals surface area (Å²) in [5.74, 6) is 0.731. The fourth-order valence-corrected chi connectivity index (χ4v) is 3.91. The van der Waals surface area contributed by atoms with Crippen LogP contribution in [0.4, 0.5) is 0 Å². The molecule has 1 spiro atoms. The summed E-state index contributed by atoms with van der Waals surface area (Å²) in [5, 5.41) is 4.49. The molecule has 1 aromatic carbocycles. The fourth-order valence-electron chi connectivity index (χ4n) is 3.45. The van der Waals surface area contributed by atoms with E-state index in [0.29, 0.717) is 34.2 Å². The number of benzene rings is 1. The van der Waals surface area contributed by atoms with Gasteiger partial charge in [0.15, 0.2) is 0 Å². The van der Waals surface area contributed by atoms with Crippen molar-refractivity contribution in [2.45, 2.75) is 25.7 Å². The van der Waals surface area contributed by atoms with Crippen LogP contribution in [0.2, 0.25) is 10.0 Å². The van der Waals surface area contributed by atoms with E-state index in [0.717, 1.165) is 39.0 Å². The molecule has 4 nitrogen and oxygen atoms in total. The summed E-state index contributed by atoms with van der Waals surface area (Å²) in [5.41, 5.74) is 0.435. The Morgan fingerprint density at radius 3 is 2.62 bits per heavy atom. The molecular weight excluding hydrogens is 371 g/mol. The monoisotopic (exact) mass is 392 g/mol. The zero-order chi connectivity index (χ0) is 16.3. The van der Waals surface area contributed by atoms with Gasteiger partial charge in [-0.3, -0.25) is 4.79 Å². The Labute approximate surface area is 159 Å². The number of likely N-dealkylation sites (tertiary alicyclic amines) is 1. The largest absolute Gasteiger partial charge is 0.491 e. The van der Waals surface area contributed by atoms with Crippen LogP contribution in [0.3, 0.4) is 0 Å². The van der Waals surface area contributed by atoms with E-state index < -0.39 is 0 Å². The molecule has 2 aliphatic heterocycles. The summed E-state index contributed by atoms with van der Waals surface area (Å²) >= 11 is 11.9. The van der Waals surface area contributed by atoms with Gasteiger partial charge < -0.3 is 15.0 Å². The molecular formula is C17H23Cl3N2O2. The van der Waals surface area contributed by atoms with Crippen LogP contribution in [0.1, 0.15) is 25.7 Å². The molecule has 2 aliphatic rings. The smallest absolute Gasteiger partial charge is 0.225 e. The van der Waals surface area contributed by atoms with E-state index in [-0.39, 0.29) is 18.3 Å². The average molecular weight is 394 g/mol. The molecule has 134 valence electrons. The van der Waals surface area contributed by atoms with Crippen LogP contribution < -0.4 is 10.1 Å². The molecule has 0 bridgehead atoms. The second-order valence-corrected chi connectivity index (χ2v) is 7.32. The molecule has 0 radical (unpaired) electrons. The second kappa shape index (κ2) is 8.61. The minimum Gasteiger partial charge on any atom is -0.491 e. The van der Waals surface area contributed by atoms with Crippen molar-refractivity contribution in [3.8, 4) is 5.75 Å². The zero-order valence-electron chi connectivity index (χ0n) is 13.5. The SMILES string of the molecule is Cl.O=C(CCOc1ccc(Cl)cc1Cl)N1CCC2(CCNC2)CC1. The molecule has 2 fully saturated rings. The van der Waals surface area contributed by atoms with Gasteiger partial charge in [-0.15, -0.1) is 12.4 Å². The van der Waals surface area contributed by atoms with Gasteiger partial charge in [0.05, 0.1) is 18.1 Å². The van der Waals surface area contributed by atoms with E-state index in [9.17, 15) is 4.79 Å². The van der Waals surface area contributed by atoms with Crippen molar-refractivity contribution in [2.24, 2.45) is 5.41 Å². The number of carbonyl (C=O) groups is 1. The number of amides is 1. The number of rotatable bonds is 4. The van der Waals surface area contributed by atoms with Crippen molar-refractivity contribution in [1.29, 1.82) is 0 Å². The molecule has 1 amide bonds. The van der Waals surface area contributed by atoms with Crippen LogP contribution in [0, 0.1) is 5.41 Å². The van der Waals surface area contributed by atoms with Gasteiger partial charge in [0.25, 0.3) is 0 Å². The van der Waals surface area contributed by atoms with Crippen molar-refractivity contribution in [3.63, 3.8) is 0 Å². The molecule has 2 heterocycles. The van der Waals surface area contributed by atoms with Gasteiger partial charge in [0.2, 0.25) is 5.91 Å². The van der Waals surface area contributed by atoms with Crippen LogP contribution in [-0.4, -0.2) is 43.6 Å². The zero-order valence-corrected chi connectivity index (χ0v) is 15.9. The first kappa shape index (κ1) is 19.6. The first-order chi connectivity index (χ1) is 11.1. The predicted molar refractivity (Wildman–Crippen MR) is 99.6 cm³/mol. The lowest BCUT2D eigenvalue weighted by Crippen LogP contribution is -2.44. The van der Waals surface area contributed by atoms with Gasteiger partial charge in [-0.25, -0.2) is 0 Å². The lowest BCUT2D eigenvalue weighted by atomic mass is 9.78. The highest BCUT2D eigenvalue weighted by molar-refractivity contribution is 6.35. The van der Waals surface area contributed by atoms with Crippen molar-refractivity contribution in [1.82, 2.24) is 10.2 Å². The highest BCUT2D eigenvalue weighted by atomic mass is 35.5. The minimum atomic E-state index is 0. The molecule has 1 aromatic rings. The molecule has 24 heavy (non-hydrogen) atoms. The van der Waals surface area contributed by atoms with Crippen LogP contribution in [0.15, 0.2) is 18.2 Å². The minimum absolute atomic E-state index is 0. The molecule has 0 aromatic heterocycles. The first-order valence-corrected chi connectivity index (χ1v) is 8.90. The molecule has 0 unspecified atom stereocenters. The maximum Gasteiger partial charge on any atom is 0.225 e. The standard InChI is InChI=1S/C17H22Cl2N2O2.ClH/c18-13-1-2-15(14(19)11-13)23-10-3-16(22)21-8-5-17(6-9-21)4-7-20-12-17;/h1-2,11,20H,3-10,12H2;1H. The lowest BCUT2D eigenvalue weighted by Gasteiger charge is -2.38. The number of nitrogens with one attached hydrogen (secondary N) is 1. The number of hydrogen-bond donors (Lipinski definition) is 1. The first-order valence-electron chi connectivity index (χ1n) is 8.14. The van der Waals surface area contributed by atoms with Gasteiger partial charge in [0.1, 0.15) is 5.75 Å². The maximum absolute atomic E-state index is 12.3. The summed E-state index contributed by atoms with van der Waals surface area (Å²) in [7, 11) is 0. The molecule has 1 N–H and O–H groups in total. The van der Waals surface area contributed by atoms with E-state index >= 15 is 0 Å². The summed E-state index contributed by atoms with van der Waals surface area (Å²) in [6.45, 7) is 4.28. The number of hydrogen-bond acceptors (Lipinski definition) is 3. The Morgan fingerprint density at radius 1 is 1.25 bits per heavy atom. The molecule has 0 atom stereocenters. The third-order valence-electron chi connectivity index (χ3n) is 4.98. The average Bonchev–Trinajstić information content (AvgIpc) is 2.98. The van der Waals surface area contributed by atoms with Gasteiger partial charge >= 0.3 is 0 Å².